The maximum atomic E-state index is 13.0. The summed E-state index contributed by atoms with van der Waals surface area (Å²) in [5.74, 6) is 0.347. The van der Waals surface area contributed by atoms with Crippen molar-refractivity contribution in [2.45, 2.75) is 32.1 Å². The SMILES string of the molecule is CC(N)=NC(=N)c1ccc(C)c(-c2ccc3c(c2)NC(=O)C32CCN(S(C)(=O)=O)CC2)c1. The maximum absolute atomic E-state index is 13.0. The van der Waals surface area contributed by atoms with Crippen LogP contribution in [0.5, 0.6) is 0 Å². The van der Waals surface area contributed by atoms with Crippen LogP contribution in [-0.2, 0) is 20.2 Å². The number of aryl methyl sites for hydroxylation is 1. The first-order valence-corrected chi connectivity index (χ1v) is 12.3. The average molecular weight is 454 g/mol. The number of carbonyl (C=O) groups excluding carboxylic acids is 1. The highest BCUT2D eigenvalue weighted by atomic mass is 32.2. The number of aliphatic imine (C=N–C) groups is 1. The van der Waals surface area contributed by atoms with E-state index < -0.39 is 15.4 Å². The number of carbonyl (C=O) groups is 1. The van der Waals surface area contributed by atoms with Crippen LogP contribution in [-0.4, -0.2) is 49.6 Å². The van der Waals surface area contributed by atoms with Gasteiger partial charge >= 0.3 is 0 Å². The smallest absolute Gasteiger partial charge is 0.235 e. The highest BCUT2D eigenvalue weighted by molar-refractivity contribution is 7.88. The van der Waals surface area contributed by atoms with Gasteiger partial charge in [0.05, 0.1) is 17.5 Å². The molecule has 168 valence electrons. The number of benzene rings is 2. The van der Waals surface area contributed by atoms with E-state index in [1.54, 1.807) is 6.92 Å². The lowest BCUT2D eigenvalue weighted by molar-refractivity contribution is -0.122. The van der Waals surface area contributed by atoms with Crippen molar-refractivity contribution in [1.82, 2.24) is 4.31 Å². The number of nitrogens with two attached hydrogens (primary N) is 1. The Morgan fingerprint density at radius 1 is 1.19 bits per heavy atom. The van der Waals surface area contributed by atoms with Gasteiger partial charge in [0.2, 0.25) is 15.9 Å². The molecule has 0 atom stereocenters. The summed E-state index contributed by atoms with van der Waals surface area (Å²) in [5.41, 5.74) is 10.2. The topological polar surface area (TPSA) is 129 Å². The van der Waals surface area contributed by atoms with Gasteiger partial charge in [-0.15, -0.1) is 0 Å². The number of nitrogens with zero attached hydrogens (tertiary/aromatic N) is 2. The third-order valence-corrected chi connectivity index (χ3v) is 7.68. The summed E-state index contributed by atoms with van der Waals surface area (Å²) < 4.78 is 25.2. The minimum absolute atomic E-state index is 0.0715. The molecular formula is C23H27N5O3S. The van der Waals surface area contributed by atoms with Crippen molar-refractivity contribution < 1.29 is 13.2 Å². The minimum atomic E-state index is -3.27. The summed E-state index contributed by atoms with van der Waals surface area (Å²) in [4.78, 5) is 17.0. The molecule has 9 heteroatoms. The molecule has 2 aromatic rings. The molecule has 2 aliphatic rings. The summed E-state index contributed by atoms with van der Waals surface area (Å²) in [7, 11) is -3.27. The molecule has 0 aromatic heterocycles. The van der Waals surface area contributed by atoms with Crippen LogP contribution in [0.3, 0.4) is 0 Å². The summed E-state index contributed by atoms with van der Waals surface area (Å²) >= 11 is 0. The Morgan fingerprint density at radius 2 is 1.88 bits per heavy atom. The Balaban J connectivity index is 1.68. The molecule has 1 amide bonds. The van der Waals surface area contributed by atoms with Crippen molar-refractivity contribution >= 4 is 33.3 Å². The molecule has 0 unspecified atom stereocenters. The monoisotopic (exact) mass is 453 g/mol. The van der Waals surface area contributed by atoms with Gasteiger partial charge in [-0.25, -0.2) is 17.7 Å². The zero-order chi connectivity index (χ0) is 23.3. The Hall–Kier alpha value is -3.04. The van der Waals surface area contributed by atoms with Crippen molar-refractivity contribution in [3.63, 3.8) is 0 Å². The van der Waals surface area contributed by atoms with Gasteiger partial charge in [0.25, 0.3) is 0 Å². The number of hydrogen-bond acceptors (Lipinski definition) is 4. The number of piperidine rings is 1. The lowest BCUT2D eigenvalue weighted by atomic mass is 9.74. The molecular weight excluding hydrogens is 426 g/mol. The van der Waals surface area contributed by atoms with E-state index in [4.69, 9.17) is 11.1 Å². The second-order valence-corrected chi connectivity index (χ2v) is 10.6. The first-order valence-electron chi connectivity index (χ1n) is 10.4. The fraction of sp³-hybridized carbons (Fsp3) is 0.348. The quantitative estimate of drug-likeness (QED) is 0.487. The van der Waals surface area contributed by atoms with Gasteiger partial charge in [0, 0.05) is 24.3 Å². The molecule has 4 rings (SSSR count). The van der Waals surface area contributed by atoms with Gasteiger partial charge in [-0.1, -0.05) is 24.3 Å². The number of rotatable bonds is 3. The number of sulfonamides is 1. The third-order valence-electron chi connectivity index (χ3n) is 6.37. The molecule has 2 aromatic carbocycles. The molecule has 2 aliphatic heterocycles. The second kappa shape index (κ2) is 7.83. The van der Waals surface area contributed by atoms with Crippen molar-refractivity contribution in [3.05, 3.63) is 53.1 Å². The van der Waals surface area contributed by atoms with Gasteiger partial charge in [0.1, 0.15) is 0 Å². The predicted molar refractivity (Wildman–Crippen MR) is 127 cm³/mol. The summed E-state index contributed by atoms with van der Waals surface area (Å²) in [6, 6.07) is 11.6. The van der Waals surface area contributed by atoms with Crippen LogP contribution < -0.4 is 11.1 Å². The molecule has 1 spiro atoms. The van der Waals surface area contributed by atoms with Crippen LogP contribution in [0.1, 0.15) is 36.5 Å². The first-order chi connectivity index (χ1) is 15.0. The minimum Gasteiger partial charge on any atom is -0.387 e. The molecule has 4 N–H and O–H groups in total. The van der Waals surface area contributed by atoms with Crippen LogP contribution in [0.25, 0.3) is 11.1 Å². The Morgan fingerprint density at radius 3 is 2.50 bits per heavy atom. The van der Waals surface area contributed by atoms with Crippen LogP contribution in [0.15, 0.2) is 41.4 Å². The van der Waals surface area contributed by atoms with E-state index in [0.29, 0.717) is 37.3 Å². The lowest BCUT2D eigenvalue weighted by Gasteiger charge is -2.36. The number of hydrogen-bond donors (Lipinski definition) is 3. The van der Waals surface area contributed by atoms with E-state index in [0.717, 1.165) is 27.9 Å². The molecule has 32 heavy (non-hydrogen) atoms. The largest absolute Gasteiger partial charge is 0.387 e. The molecule has 1 saturated heterocycles. The van der Waals surface area contributed by atoms with Gasteiger partial charge in [-0.3, -0.25) is 10.2 Å². The van der Waals surface area contributed by atoms with Crippen molar-refractivity contribution in [2.75, 3.05) is 24.7 Å². The van der Waals surface area contributed by atoms with E-state index in [2.05, 4.69) is 10.3 Å². The van der Waals surface area contributed by atoms with Gasteiger partial charge in [-0.05, 0) is 61.1 Å². The number of amidine groups is 2. The fourth-order valence-electron chi connectivity index (χ4n) is 4.61. The highest BCUT2D eigenvalue weighted by Gasteiger charge is 2.49. The molecule has 0 aliphatic carbocycles. The fourth-order valence-corrected chi connectivity index (χ4v) is 5.46. The second-order valence-electron chi connectivity index (χ2n) is 8.59. The first kappa shape index (κ1) is 22.2. The van der Waals surface area contributed by atoms with E-state index >= 15 is 0 Å². The number of fused-ring (bicyclic) bond motifs is 2. The van der Waals surface area contributed by atoms with Crippen LogP contribution >= 0.6 is 0 Å². The maximum Gasteiger partial charge on any atom is 0.235 e. The zero-order valence-corrected chi connectivity index (χ0v) is 19.2. The zero-order valence-electron chi connectivity index (χ0n) is 18.4. The van der Waals surface area contributed by atoms with Gasteiger partial charge in [0.15, 0.2) is 5.84 Å². The van der Waals surface area contributed by atoms with Crippen LogP contribution in [0.4, 0.5) is 5.69 Å². The third kappa shape index (κ3) is 3.82. The highest BCUT2D eigenvalue weighted by Crippen LogP contribution is 2.46. The Kier molecular flexibility index (Phi) is 5.42. The van der Waals surface area contributed by atoms with Gasteiger partial charge < -0.3 is 11.1 Å². The van der Waals surface area contributed by atoms with E-state index in [-0.39, 0.29) is 11.7 Å². The molecule has 2 heterocycles. The molecule has 8 nitrogen and oxygen atoms in total. The Bertz CT molecular complexity index is 1250. The van der Waals surface area contributed by atoms with E-state index in [1.807, 2.05) is 43.3 Å². The number of amides is 1. The summed E-state index contributed by atoms with van der Waals surface area (Å²) in [5, 5.41) is 11.2. The van der Waals surface area contributed by atoms with Crippen molar-refractivity contribution in [2.24, 2.45) is 10.7 Å². The average Bonchev–Trinajstić information content (AvgIpc) is 2.98. The van der Waals surface area contributed by atoms with E-state index in [9.17, 15) is 13.2 Å². The lowest BCUT2D eigenvalue weighted by Crippen LogP contribution is -2.47. The summed E-state index contributed by atoms with van der Waals surface area (Å²) in [6.45, 7) is 4.30. The molecule has 1 fully saturated rings. The van der Waals surface area contributed by atoms with Crippen LogP contribution in [0, 0.1) is 12.3 Å². The van der Waals surface area contributed by atoms with Gasteiger partial charge in [-0.2, -0.15) is 0 Å². The van der Waals surface area contributed by atoms with Crippen LogP contribution in [0.2, 0.25) is 0 Å². The summed E-state index contributed by atoms with van der Waals surface area (Å²) in [6.07, 6.45) is 2.12. The number of nitrogens with one attached hydrogen (secondary N) is 2. The van der Waals surface area contributed by atoms with E-state index in [1.165, 1.54) is 10.6 Å². The predicted octanol–water partition coefficient (Wildman–Crippen LogP) is 2.61. The standard InChI is InChI=1S/C23H27N5O3S/c1-14-4-5-17(21(25)26-15(2)24)12-18(14)16-6-7-19-20(13-16)27-22(29)23(19)8-10-28(11-9-23)32(3,30)31/h4-7,12-13H,8-11H2,1-3H3,(H,27,29)(H3,24,25,26). The Labute approximate surface area is 188 Å². The molecule has 0 bridgehead atoms. The number of anilines is 1. The molecule has 0 saturated carbocycles. The normalized spacial score (nSPS) is 18.5. The van der Waals surface area contributed by atoms with Crippen molar-refractivity contribution in [3.8, 4) is 11.1 Å². The van der Waals surface area contributed by atoms with Crippen molar-refractivity contribution in [1.29, 1.82) is 5.41 Å². The molecule has 0 radical (unpaired) electrons.